The van der Waals surface area contributed by atoms with Crippen molar-refractivity contribution in [1.29, 1.82) is 0 Å². The van der Waals surface area contributed by atoms with Crippen molar-refractivity contribution in [1.82, 2.24) is 0 Å². The second kappa shape index (κ2) is 4.22. The highest BCUT2D eigenvalue weighted by Crippen LogP contribution is 2.39. The van der Waals surface area contributed by atoms with Crippen molar-refractivity contribution in [3.8, 4) is 0 Å². The van der Waals surface area contributed by atoms with E-state index in [1.165, 1.54) is 0 Å². The minimum atomic E-state index is -2.85. The predicted molar refractivity (Wildman–Crippen MR) is 52.5 cm³/mol. The molecule has 1 unspecified atom stereocenters. The topological polar surface area (TPSA) is 46.5 Å². The summed E-state index contributed by atoms with van der Waals surface area (Å²) < 4.78 is 15.8. The molecule has 0 spiro atoms. The van der Waals surface area contributed by atoms with Gasteiger partial charge in [0.2, 0.25) is 0 Å². The van der Waals surface area contributed by atoms with Crippen molar-refractivity contribution in [2.45, 2.75) is 53.1 Å². The molecule has 0 radical (unpaired) electrons. The van der Waals surface area contributed by atoms with Gasteiger partial charge in [-0.05, 0) is 19.8 Å². The summed E-state index contributed by atoms with van der Waals surface area (Å²) in [6, 6.07) is 0. The summed E-state index contributed by atoms with van der Waals surface area (Å²) in [5, 5.41) is 0. The van der Waals surface area contributed by atoms with Crippen molar-refractivity contribution in [3.63, 3.8) is 0 Å². The van der Waals surface area contributed by atoms with E-state index >= 15 is 0 Å². The van der Waals surface area contributed by atoms with Crippen LogP contribution in [-0.4, -0.2) is 19.6 Å². The molecule has 0 saturated carbocycles. The molecule has 1 atom stereocenters. The van der Waals surface area contributed by atoms with Gasteiger partial charge in [-0.2, -0.15) is 0 Å². The lowest BCUT2D eigenvalue weighted by Gasteiger charge is -2.42. The first kappa shape index (κ1) is 12.6. The molecule has 0 heterocycles. The molecule has 0 aromatic rings. The van der Waals surface area contributed by atoms with Crippen molar-refractivity contribution in [2.24, 2.45) is 5.41 Å². The molecule has 0 rings (SSSR count). The van der Waals surface area contributed by atoms with Gasteiger partial charge in [0, 0.05) is 5.41 Å². The van der Waals surface area contributed by atoms with Crippen molar-refractivity contribution < 1.29 is 13.7 Å². The quantitative estimate of drug-likeness (QED) is 0.697. The van der Waals surface area contributed by atoms with Gasteiger partial charge in [0.05, 0.1) is 5.60 Å². The van der Waals surface area contributed by atoms with Gasteiger partial charge in [0.25, 0.3) is 0 Å². The number of hydrogen-bond acceptors (Lipinski definition) is 2. The summed E-state index contributed by atoms with van der Waals surface area (Å²) in [4.78, 5) is 8.80. The smallest absolute Gasteiger partial charge is 0.511 e. The highest BCUT2D eigenvalue weighted by molar-refractivity contribution is 6.24. The van der Waals surface area contributed by atoms with Gasteiger partial charge in [-0.3, -0.25) is 4.46 Å². The zero-order valence-electron chi connectivity index (χ0n) is 9.18. The molecule has 78 valence electrons. The third-order valence-corrected chi connectivity index (χ3v) is 3.93. The molecule has 0 aliphatic heterocycles. The molecular weight excluding hydrogens is 184 g/mol. The van der Waals surface area contributed by atoms with Crippen LogP contribution >= 0.6 is 0 Å². The molecule has 0 amide bonds. The monoisotopic (exact) mass is 204 g/mol. The molecule has 0 aromatic carbocycles. The van der Waals surface area contributed by atoms with Crippen LogP contribution in [0.2, 0.25) is 0 Å². The number of rotatable bonds is 5. The fraction of sp³-hybridized carbons (Fsp3) is 1.00. The summed E-state index contributed by atoms with van der Waals surface area (Å²) in [5.41, 5.74) is -0.586. The van der Waals surface area contributed by atoms with Crippen LogP contribution in [-0.2, 0) is 8.89 Å². The van der Waals surface area contributed by atoms with Crippen molar-refractivity contribution in [3.05, 3.63) is 0 Å². The van der Waals surface area contributed by atoms with Gasteiger partial charge in [-0.1, -0.05) is 27.7 Å². The Bertz CT molecular complexity index is 191. The Morgan fingerprint density at radius 1 is 1.23 bits per heavy atom. The minimum Gasteiger partial charge on any atom is -0.511 e. The van der Waals surface area contributed by atoms with E-state index in [1.807, 2.05) is 13.8 Å². The van der Waals surface area contributed by atoms with E-state index in [0.29, 0.717) is 0 Å². The Hall–Kier alpha value is -0.383. The maximum atomic E-state index is 10.7. The molecule has 0 bridgehead atoms. The van der Waals surface area contributed by atoms with Gasteiger partial charge in [0.15, 0.2) is 0 Å². The van der Waals surface area contributed by atoms with Gasteiger partial charge in [0.1, 0.15) is 0 Å². The Morgan fingerprint density at radius 2 is 1.69 bits per heavy atom. The van der Waals surface area contributed by atoms with Crippen molar-refractivity contribution in [2.75, 3.05) is 0 Å². The Labute approximate surface area is 82.0 Å². The molecule has 0 saturated heterocycles. The average Bonchev–Trinajstić information content (AvgIpc) is 2.02. The Kier molecular flexibility index (Phi) is 4.09. The minimum absolute atomic E-state index is 0.0786. The second-order valence-electron chi connectivity index (χ2n) is 4.19. The largest absolute Gasteiger partial charge is 0.765 e. The van der Waals surface area contributed by atoms with Gasteiger partial charge in [-0.15, -0.1) is 0 Å². The first-order valence-corrected chi connectivity index (χ1v) is 5.97. The fourth-order valence-corrected chi connectivity index (χ4v) is 2.06. The van der Waals surface area contributed by atoms with E-state index in [2.05, 4.69) is 20.8 Å². The zero-order valence-corrected chi connectivity index (χ0v) is 10.2. The molecule has 0 aromatic heterocycles. The number of hydrogen-bond donors (Lipinski definition) is 1. The normalized spacial score (nSPS) is 16.4. The summed E-state index contributed by atoms with van der Waals surface area (Å²) in [6.07, 6.45) is 1.66. The first-order chi connectivity index (χ1) is 5.79. The van der Waals surface area contributed by atoms with Crippen LogP contribution in [0.1, 0.15) is 47.5 Å². The standard InChI is InChI=1S/C9H20O3Si/c1-6-8(3,4)9(5,7-2)12-13(10)11/h10H,6-7H2,1-5H3. The zero-order chi connectivity index (χ0) is 10.7. The summed E-state index contributed by atoms with van der Waals surface area (Å²) >= 11 is 0. The van der Waals surface area contributed by atoms with Crippen LogP contribution in [0.25, 0.3) is 0 Å². The molecule has 1 N–H and O–H groups in total. The third kappa shape index (κ3) is 2.79. The Morgan fingerprint density at radius 3 is 1.92 bits per heavy atom. The highest BCUT2D eigenvalue weighted by Gasteiger charge is 2.41. The van der Waals surface area contributed by atoms with E-state index in [4.69, 9.17) is 9.22 Å². The molecule has 0 aliphatic rings. The van der Waals surface area contributed by atoms with Crippen LogP contribution in [0.15, 0.2) is 0 Å². The van der Waals surface area contributed by atoms with E-state index < -0.39 is 14.8 Å². The predicted octanol–water partition coefficient (Wildman–Crippen LogP) is 2.02. The molecule has 3 nitrogen and oxygen atoms in total. The maximum absolute atomic E-state index is 10.7. The van der Waals surface area contributed by atoms with Crippen molar-refractivity contribution >= 4 is 9.17 Å². The summed E-state index contributed by atoms with van der Waals surface area (Å²) in [5.74, 6) is 0. The summed E-state index contributed by atoms with van der Waals surface area (Å²) in [6.45, 7) is 10.0. The highest BCUT2D eigenvalue weighted by atomic mass is 28.3. The molecule has 0 aliphatic carbocycles. The van der Waals surface area contributed by atoms with Gasteiger partial charge < -0.3 is 9.22 Å². The fourth-order valence-electron chi connectivity index (χ4n) is 1.26. The van der Waals surface area contributed by atoms with Gasteiger partial charge in [-0.25, -0.2) is 0 Å². The van der Waals surface area contributed by atoms with Gasteiger partial charge >= 0.3 is 9.17 Å². The third-order valence-electron chi connectivity index (χ3n) is 3.30. The van der Waals surface area contributed by atoms with Crippen LogP contribution in [0, 0.1) is 5.41 Å². The lowest BCUT2D eigenvalue weighted by molar-refractivity contribution is -0.0520. The van der Waals surface area contributed by atoms with Crippen LogP contribution in [0.3, 0.4) is 0 Å². The molecular formula is C9H20O3Si. The average molecular weight is 204 g/mol. The second-order valence-corrected chi connectivity index (χ2v) is 4.93. The lowest BCUT2D eigenvalue weighted by atomic mass is 9.73. The van der Waals surface area contributed by atoms with E-state index in [0.717, 1.165) is 12.8 Å². The van der Waals surface area contributed by atoms with Crippen LogP contribution < -0.4 is 0 Å². The van der Waals surface area contributed by atoms with Crippen LogP contribution in [0.5, 0.6) is 0 Å². The maximum Gasteiger partial charge on any atom is 0.765 e. The van der Waals surface area contributed by atoms with E-state index in [-0.39, 0.29) is 5.41 Å². The van der Waals surface area contributed by atoms with E-state index in [1.54, 1.807) is 0 Å². The molecule has 13 heavy (non-hydrogen) atoms. The first-order valence-electron chi connectivity index (χ1n) is 4.71. The lowest BCUT2D eigenvalue weighted by Crippen LogP contribution is -2.45. The molecule has 0 fully saturated rings. The van der Waals surface area contributed by atoms with Crippen LogP contribution in [0.4, 0.5) is 0 Å². The van der Waals surface area contributed by atoms with E-state index in [9.17, 15) is 4.46 Å². The SMILES string of the molecule is CCC(C)(C)C(C)(CC)O[Si](=O)O. The summed E-state index contributed by atoms with van der Waals surface area (Å²) in [7, 11) is -2.85. The Balaban J connectivity index is 4.71. The molecule has 4 heteroatoms.